The fourth-order valence-corrected chi connectivity index (χ4v) is 6.59. The monoisotopic (exact) mass is 424 g/mol. The van der Waals surface area contributed by atoms with Gasteiger partial charge in [0.1, 0.15) is 6.10 Å². The van der Waals surface area contributed by atoms with Crippen LogP contribution in [0.15, 0.2) is 12.7 Å². The van der Waals surface area contributed by atoms with E-state index in [0.717, 1.165) is 0 Å². The van der Waals surface area contributed by atoms with E-state index in [1.165, 1.54) is 13.8 Å². The normalized spacial score (nSPS) is 47.4. The minimum Gasteiger partial charge on any atom is -0.460 e. The first-order chi connectivity index (χ1) is 13.7. The molecule has 30 heavy (non-hydrogen) atoms. The van der Waals surface area contributed by atoms with E-state index in [1.807, 2.05) is 20.8 Å². The number of esters is 2. The summed E-state index contributed by atoms with van der Waals surface area (Å²) < 4.78 is 17.4. The number of fused-ring (bicyclic) bond motifs is 3. The fraction of sp³-hybridized carbons (Fsp3) is 0.826. The summed E-state index contributed by atoms with van der Waals surface area (Å²) in [7, 11) is 0. The van der Waals surface area contributed by atoms with E-state index < -0.39 is 52.5 Å². The highest BCUT2D eigenvalue weighted by Crippen LogP contribution is 2.65. The molecule has 0 spiro atoms. The van der Waals surface area contributed by atoms with Gasteiger partial charge in [0.25, 0.3) is 0 Å². The summed E-state index contributed by atoms with van der Waals surface area (Å²) in [5.74, 6) is -3.08. The van der Waals surface area contributed by atoms with Gasteiger partial charge in [0, 0.05) is 19.8 Å². The number of carbonyl (C=O) groups is 2. The second-order valence-electron chi connectivity index (χ2n) is 10.5. The van der Waals surface area contributed by atoms with E-state index in [9.17, 15) is 19.8 Å². The van der Waals surface area contributed by atoms with Crippen LogP contribution in [0, 0.1) is 22.7 Å². The number of aliphatic hydroxyl groups excluding tert-OH is 1. The van der Waals surface area contributed by atoms with Crippen molar-refractivity contribution >= 4 is 11.9 Å². The van der Waals surface area contributed by atoms with Gasteiger partial charge in [-0.3, -0.25) is 9.59 Å². The average molecular weight is 425 g/mol. The van der Waals surface area contributed by atoms with Crippen LogP contribution in [0.25, 0.3) is 0 Å². The van der Waals surface area contributed by atoms with Crippen molar-refractivity contribution in [3.63, 3.8) is 0 Å². The molecule has 170 valence electrons. The van der Waals surface area contributed by atoms with Crippen molar-refractivity contribution < 1.29 is 34.0 Å². The van der Waals surface area contributed by atoms with E-state index in [4.69, 9.17) is 14.2 Å². The summed E-state index contributed by atoms with van der Waals surface area (Å²) in [6.07, 6.45) is 1.28. The van der Waals surface area contributed by atoms with Crippen molar-refractivity contribution in [2.24, 2.45) is 22.7 Å². The Balaban J connectivity index is 2.09. The largest absolute Gasteiger partial charge is 0.460 e. The molecule has 3 aliphatic rings. The summed E-state index contributed by atoms with van der Waals surface area (Å²) in [6.45, 7) is 14.3. The molecule has 1 aliphatic heterocycles. The second-order valence-corrected chi connectivity index (χ2v) is 10.5. The average Bonchev–Trinajstić information content (AvgIpc) is 2.60. The fourth-order valence-electron chi connectivity index (χ4n) is 6.59. The zero-order valence-corrected chi connectivity index (χ0v) is 18.9. The molecule has 2 N–H and O–H groups in total. The van der Waals surface area contributed by atoms with E-state index >= 15 is 0 Å². The topological polar surface area (TPSA) is 102 Å². The van der Waals surface area contributed by atoms with Gasteiger partial charge >= 0.3 is 11.9 Å². The van der Waals surface area contributed by atoms with Gasteiger partial charge in [-0.05, 0) is 49.4 Å². The van der Waals surface area contributed by atoms with Crippen molar-refractivity contribution in [3.8, 4) is 0 Å². The van der Waals surface area contributed by atoms with Crippen LogP contribution in [0.1, 0.15) is 67.2 Å². The minimum atomic E-state index is -1.70. The lowest BCUT2D eigenvalue weighted by molar-refractivity contribution is -0.388. The molecular formula is C23H36O7. The summed E-state index contributed by atoms with van der Waals surface area (Å²) in [4.78, 5) is 23.6. The van der Waals surface area contributed by atoms with Crippen LogP contribution in [-0.2, 0) is 23.8 Å². The molecule has 0 aromatic rings. The molecule has 8 atom stereocenters. The van der Waals surface area contributed by atoms with Gasteiger partial charge in [0.2, 0.25) is 5.79 Å². The van der Waals surface area contributed by atoms with Crippen molar-refractivity contribution in [2.45, 2.75) is 96.9 Å². The van der Waals surface area contributed by atoms with Crippen LogP contribution in [-0.4, -0.2) is 51.9 Å². The first kappa shape index (κ1) is 23.2. The Morgan fingerprint density at radius 3 is 2.23 bits per heavy atom. The van der Waals surface area contributed by atoms with Gasteiger partial charge in [-0.25, -0.2) is 0 Å². The predicted octanol–water partition coefficient (Wildman–Crippen LogP) is 2.73. The van der Waals surface area contributed by atoms with Crippen LogP contribution in [0.3, 0.4) is 0 Å². The molecule has 2 saturated carbocycles. The third-order valence-electron chi connectivity index (χ3n) is 8.04. The molecule has 0 aromatic heterocycles. The first-order valence-electron chi connectivity index (χ1n) is 10.8. The number of ether oxygens (including phenoxy) is 3. The molecule has 0 amide bonds. The van der Waals surface area contributed by atoms with Crippen LogP contribution in [0.5, 0.6) is 0 Å². The van der Waals surface area contributed by atoms with Crippen molar-refractivity contribution in [2.75, 3.05) is 0 Å². The van der Waals surface area contributed by atoms with Crippen LogP contribution in [0.4, 0.5) is 0 Å². The maximum Gasteiger partial charge on any atom is 0.303 e. The third kappa shape index (κ3) is 3.49. The Kier molecular flexibility index (Phi) is 5.66. The van der Waals surface area contributed by atoms with Gasteiger partial charge in [0.05, 0.1) is 11.7 Å². The van der Waals surface area contributed by atoms with Gasteiger partial charge in [0.15, 0.2) is 6.10 Å². The van der Waals surface area contributed by atoms with Gasteiger partial charge in [-0.1, -0.05) is 26.8 Å². The number of aliphatic hydroxyl groups is 2. The Morgan fingerprint density at radius 2 is 1.70 bits per heavy atom. The van der Waals surface area contributed by atoms with Crippen molar-refractivity contribution in [3.05, 3.63) is 12.7 Å². The van der Waals surface area contributed by atoms with E-state index in [1.54, 1.807) is 6.08 Å². The lowest BCUT2D eigenvalue weighted by Gasteiger charge is -2.66. The van der Waals surface area contributed by atoms with Crippen LogP contribution in [0.2, 0.25) is 0 Å². The molecule has 1 heterocycles. The number of rotatable bonds is 3. The van der Waals surface area contributed by atoms with E-state index in [0.29, 0.717) is 25.7 Å². The van der Waals surface area contributed by atoms with Crippen LogP contribution >= 0.6 is 0 Å². The zero-order valence-electron chi connectivity index (χ0n) is 18.9. The molecule has 0 aromatic carbocycles. The summed E-state index contributed by atoms with van der Waals surface area (Å²) >= 11 is 0. The lowest BCUT2D eigenvalue weighted by atomic mass is 9.44. The molecule has 3 rings (SSSR count). The SMILES string of the molecule is C=C[C@@]1(C)CC[C@H]2[C@](O)(O1)[C@@H](OC(C)=O)CC1C(C)(C)[C@@H](O)[C@H](OC(C)=O)C[C@@]12C. The zero-order chi connectivity index (χ0) is 22.7. The molecule has 1 unspecified atom stereocenters. The van der Waals surface area contributed by atoms with Gasteiger partial charge in [-0.2, -0.15) is 0 Å². The Labute approximate surface area is 178 Å². The molecular weight excluding hydrogens is 388 g/mol. The number of hydrogen-bond acceptors (Lipinski definition) is 7. The molecule has 7 nitrogen and oxygen atoms in total. The molecule has 0 bridgehead atoms. The number of carbonyl (C=O) groups excluding carboxylic acids is 2. The minimum absolute atomic E-state index is 0.0851. The third-order valence-corrected chi connectivity index (χ3v) is 8.04. The molecule has 0 radical (unpaired) electrons. The maximum absolute atomic E-state index is 11.9. The Bertz CT molecular complexity index is 733. The van der Waals surface area contributed by atoms with Gasteiger partial charge < -0.3 is 24.4 Å². The predicted molar refractivity (Wildman–Crippen MR) is 109 cm³/mol. The second kappa shape index (κ2) is 7.31. The molecule has 7 heteroatoms. The summed E-state index contributed by atoms with van der Waals surface area (Å²) in [5, 5.41) is 22.9. The smallest absolute Gasteiger partial charge is 0.303 e. The van der Waals surface area contributed by atoms with Crippen molar-refractivity contribution in [1.82, 2.24) is 0 Å². The highest BCUT2D eigenvalue weighted by molar-refractivity contribution is 5.66. The van der Waals surface area contributed by atoms with E-state index in [2.05, 4.69) is 13.5 Å². The Morgan fingerprint density at radius 1 is 1.10 bits per heavy atom. The van der Waals surface area contributed by atoms with Crippen LogP contribution < -0.4 is 0 Å². The quantitative estimate of drug-likeness (QED) is 0.530. The van der Waals surface area contributed by atoms with Crippen molar-refractivity contribution in [1.29, 1.82) is 0 Å². The van der Waals surface area contributed by atoms with Gasteiger partial charge in [-0.15, -0.1) is 6.58 Å². The molecule has 1 saturated heterocycles. The summed E-state index contributed by atoms with van der Waals surface area (Å²) in [5.41, 5.74) is -1.88. The highest BCUT2D eigenvalue weighted by atomic mass is 16.7. The summed E-state index contributed by atoms with van der Waals surface area (Å²) in [6, 6.07) is 0. The Hall–Kier alpha value is -1.44. The maximum atomic E-state index is 11.9. The van der Waals surface area contributed by atoms with E-state index in [-0.39, 0.29) is 11.8 Å². The highest BCUT2D eigenvalue weighted by Gasteiger charge is 2.70. The lowest BCUT2D eigenvalue weighted by Crippen LogP contribution is -2.72. The standard InChI is InChI=1S/C23H36O7/c1-8-21(6)10-9-16-22(7)12-15(28-13(2)24)19(26)20(4,5)17(22)11-18(29-14(3)25)23(16,27)30-21/h8,15-19,26-27H,1,9-12H2,2-7H3/t15-,16-,17?,18+,19+,21+,22-,23+/m1/s1. The molecule has 3 fully saturated rings. The molecule has 2 aliphatic carbocycles. The number of hydrogen-bond donors (Lipinski definition) is 2. The first-order valence-corrected chi connectivity index (χ1v) is 10.8.